The van der Waals surface area contributed by atoms with Crippen LogP contribution in [0.25, 0.3) is 0 Å². The largest absolute Gasteiger partial charge is 0.370 e. The van der Waals surface area contributed by atoms with Gasteiger partial charge in [-0.3, -0.25) is 0 Å². The van der Waals surface area contributed by atoms with Crippen LogP contribution in [0.5, 0.6) is 0 Å². The van der Waals surface area contributed by atoms with Crippen LogP contribution in [0.4, 0.5) is 11.6 Å². The molecule has 0 aliphatic carbocycles. The minimum absolute atomic E-state index is 0.335. The highest BCUT2D eigenvalue weighted by atomic mass is 15.1. The molecule has 0 aliphatic rings. The van der Waals surface area contributed by atoms with Gasteiger partial charge in [0.25, 0.3) is 0 Å². The molecule has 0 saturated heterocycles. The Kier molecular flexibility index (Phi) is 6.06. The zero-order valence-electron chi connectivity index (χ0n) is 13.2. The maximum absolute atomic E-state index is 4.66. The Hall–Kier alpha value is -1.32. The summed E-state index contributed by atoms with van der Waals surface area (Å²) in [5, 5.41) is 6.79. The molecule has 0 bridgehead atoms. The first-order valence-corrected chi connectivity index (χ1v) is 7.35. The summed E-state index contributed by atoms with van der Waals surface area (Å²) in [5.41, 5.74) is 1.11. The quantitative estimate of drug-likeness (QED) is 0.786. The van der Waals surface area contributed by atoms with Gasteiger partial charge in [-0.05, 0) is 19.8 Å². The van der Waals surface area contributed by atoms with Gasteiger partial charge in [0.15, 0.2) is 0 Å². The molecule has 1 aromatic rings. The summed E-state index contributed by atoms with van der Waals surface area (Å²) < 4.78 is 0. The van der Waals surface area contributed by atoms with E-state index >= 15 is 0 Å². The minimum atomic E-state index is 0.335. The van der Waals surface area contributed by atoms with Crippen molar-refractivity contribution < 1.29 is 0 Å². The van der Waals surface area contributed by atoms with Gasteiger partial charge in [-0.25, -0.2) is 9.97 Å². The van der Waals surface area contributed by atoms with E-state index in [9.17, 15) is 0 Å². The molecular formula is C15H28N4. The second kappa shape index (κ2) is 7.31. The molecule has 2 N–H and O–H groups in total. The first-order valence-electron chi connectivity index (χ1n) is 7.35. The summed E-state index contributed by atoms with van der Waals surface area (Å²) in [7, 11) is 0. The van der Waals surface area contributed by atoms with Crippen LogP contribution in [-0.2, 0) is 0 Å². The first-order chi connectivity index (χ1) is 8.99. The molecule has 0 saturated carbocycles. The third-order valence-electron chi connectivity index (χ3n) is 3.34. The van der Waals surface area contributed by atoms with Gasteiger partial charge in [-0.2, -0.15) is 0 Å². The smallest absolute Gasteiger partial charge is 0.135 e. The number of rotatable bonds is 7. The van der Waals surface area contributed by atoms with Gasteiger partial charge in [0.05, 0.1) is 0 Å². The third kappa shape index (κ3) is 4.37. The lowest BCUT2D eigenvalue weighted by Gasteiger charge is -2.17. The van der Waals surface area contributed by atoms with Gasteiger partial charge in [0.1, 0.15) is 17.5 Å². The third-order valence-corrected chi connectivity index (χ3v) is 3.34. The Morgan fingerprint density at radius 3 is 2.05 bits per heavy atom. The Morgan fingerprint density at radius 2 is 1.58 bits per heavy atom. The van der Waals surface area contributed by atoms with Crippen LogP contribution >= 0.6 is 0 Å². The van der Waals surface area contributed by atoms with Gasteiger partial charge in [0.2, 0.25) is 0 Å². The topological polar surface area (TPSA) is 49.8 Å². The standard InChI is InChI=1S/C15H28N4/c1-7-11(5)9-17-15-12(6)14(16-8-2)18-13(19-15)10(3)4/h10-11H,7-9H2,1-6H3,(H2,16,17,18,19). The molecule has 4 nitrogen and oxygen atoms in total. The Bertz CT molecular complexity index is 401. The van der Waals surface area contributed by atoms with Crippen molar-refractivity contribution in [3.63, 3.8) is 0 Å². The average Bonchev–Trinajstić information content (AvgIpc) is 2.39. The molecule has 19 heavy (non-hydrogen) atoms. The van der Waals surface area contributed by atoms with Gasteiger partial charge in [-0.1, -0.05) is 34.1 Å². The van der Waals surface area contributed by atoms with Crippen molar-refractivity contribution in [1.29, 1.82) is 0 Å². The van der Waals surface area contributed by atoms with E-state index < -0.39 is 0 Å². The predicted octanol–water partition coefficient (Wildman–Crippen LogP) is 3.80. The second-order valence-electron chi connectivity index (χ2n) is 5.48. The Balaban J connectivity index is 3.00. The van der Waals surface area contributed by atoms with Gasteiger partial charge in [0, 0.05) is 24.6 Å². The van der Waals surface area contributed by atoms with E-state index in [1.807, 2.05) is 0 Å². The summed E-state index contributed by atoms with van der Waals surface area (Å²) in [4.78, 5) is 9.27. The van der Waals surface area contributed by atoms with Crippen molar-refractivity contribution in [3.8, 4) is 0 Å². The lowest BCUT2D eigenvalue weighted by Crippen LogP contribution is -2.15. The summed E-state index contributed by atoms with van der Waals surface area (Å²) in [6, 6.07) is 0. The molecule has 1 heterocycles. The maximum atomic E-state index is 4.66. The second-order valence-corrected chi connectivity index (χ2v) is 5.48. The first kappa shape index (κ1) is 15.7. The lowest BCUT2D eigenvalue weighted by molar-refractivity contribution is 0.591. The van der Waals surface area contributed by atoms with Crippen molar-refractivity contribution in [2.75, 3.05) is 23.7 Å². The predicted molar refractivity (Wildman–Crippen MR) is 83.0 cm³/mol. The van der Waals surface area contributed by atoms with E-state index in [1.165, 1.54) is 6.42 Å². The number of aromatic nitrogens is 2. The fourth-order valence-corrected chi connectivity index (χ4v) is 1.72. The van der Waals surface area contributed by atoms with Crippen LogP contribution < -0.4 is 10.6 Å². The van der Waals surface area contributed by atoms with Crippen LogP contribution in [0.1, 0.15) is 58.3 Å². The van der Waals surface area contributed by atoms with Crippen molar-refractivity contribution >= 4 is 11.6 Å². The molecule has 0 aromatic carbocycles. The van der Waals surface area contributed by atoms with Crippen LogP contribution in [0, 0.1) is 12.8 Å². The fraction of sp³-hybridized carbons (Fsp3) is 0.733. The summed E-state index contributed by atoms with van der Waals surface area (Å²) in [6.45, 7) is 14.7. The molecule has 0 radical (unpaired) electrons. The molecule has 0 amide bonds. The number of hydrogen-bond acceptors (Lipinski definition) is 4. The van der Waals surface area contributed by atoms with E-state index in [0.717, 1.165) is 36.1 Å². The summed E-state index contributed by atoms with van der Waals surface area (Å²) in [5.74, 6) is 3.80. The highest BCUT2D eigenvalue weighted by molar-refractivity contribution is 5.57. The van der Waals surface area contributed by atoms with E-state index in [2.05, 4.69) is 62.1 Å². The number of anilines is 2. The monoisotopic (exact) mass is 264 g/mol. The number of nitrogens with one attached hydrogen (secondary N) is 2. The molecular weight excluding hydrogens is 236 g/mol. The highest BCUT2D eigenvalue weighted by Crippen LogP contribution is 2.23. The molecule has 1 atom stereocenters. The zero-order chi connectivity index (χ0) is 14.4. The molecule has 0 spiro atoms. The lowest BCUT2D eigenvalue weighted by atomic mass is 10.1. The summed E-state index contributed by atoms with van der Waals surface area (Å²) >= 11 is 0. The SMILES string of the molecule is CCNc1nc(C(C)C)nc(NCC(C)CC)c1C. The van der Waals surface area contributed by atoms with Crippen LogP contribution in [0.2, 0.25) is 0 Å². The van der Waals surface area contributed by atoms with Crippen molar-refractivity contribution in [2.45, 2.75) is 53.9 Å². The Morgan fingerprint density at radius 1 is 1.00 bits per heavy atom. The fourth-order valence-electron chi connectivity index (χ4n) is 1.72. The van der Waals surface area contributed by atoms with Gasteiger partial charge >= 0.3 is 0 Å². The minimum Gasteiger partial charge on any atom is -0.370 e. The van der Waals surface area contributed by atoms with Crippen molar-refractivity contribution in [2.24, 2.45) is 5.92 Å². The molecule has 1 unspecified atom stereocenters. The highest BCUT2D eigenvalue weighted by Gasteiger charge is 2.13. The van der Waals surface area contributed by atoms with Gasteiger partial charge in [-0.15, -0.1) is 0 Å². The zero-order valence-corrected chi connectivity index (χ0v) is 13.2. The van der Waals surface area contributed by atoms with Crippen molar-refractivity contribution in [1.82, 2.24) is 9.97 Å². The Labute approximate surface area is 117 Å². The molecule has 0 aliphatic heterocycles. The van der Waals surface area contributed by atoms with Crippen LogP contribution in [0.3, 0.4) is 0 Å². The van der Waals surface area contributed by atoms with E-state index in [0.29, 0.717) is 11.8 Å². The molecule has 1 rings (SSSR count). The molecule has 0 fully saturated rings. The van der Waals surface area contributed by atoms with Crippen LogP contribution in [0.15, 0.2) is 0 Å². The number of hydrogen-bond donors (Lipinski definition) is 2. The molecule has 108 valence electrons. The average molecular weight is 264 g/mol. The maximum Gasteiger partial charge on any atom is 0.135 e. The van der Waals surface area contributed by atoms with E-state index in [-0.39, 0.29) is 0 Å². The molecule has 4 heteroatoms. The normalized spacial score (nSPS) is 12.6. The van der Waals surface area contributed by atoms with Gasteiger partial charge < -0.3 is 10.6 Å². The number of nitrogens with zero attached hydrogens (tertiary/aromatic N) is 2. The van der Waals surface area contributed by atoms with E-state index in [4.69, 9.17) is 0 Å². The molecule has 1 aromatic heterocycles. The van der Waals surface area contributed by atoms with Crippen molar-refractivity contribution in [3.05, 3.63) is 11.4 Å². The summed E-state index contributed by atoms with van der Waals surface area (Å²) in [6.07, 6.45) is 1.17. The van der Waals surface area contributed by atoms with E-state index in [1.54, 1.807) is 0 Å². The van der Waals surface area contributed by atoms with Crippen LogP contribution in [-0.4, -0.2) is 23.1 Å².